The van der Waals surface area contributed by atoms with Crippen LogP contribution >= 0.6 is 11.6 Å². The molecule has 0 spiro atoms. The van der Waals surface area contributed by atoms with Gasteiger partial charge in [0.2, 0.25) is 0 Å². The number of para-hydroxylation sites is 1. The van der Waals surface area contributed by atoms with E-state index in [0.717, 1.165) is 18.3 Å². The van der Waals surface area contributed by atoms with E-state index in [2.05, 4.69) is 10.5 Å². The van der Waals surface area contributed by atoms with Crippen LogP contribution in [0, 0.1) is 5.82 Å². The number of hydrogen-bond donors (Lipinski definition) is 1. The highest BCUT2D eigenvalue weighted by molar-refractivity contribution is 6.37. The fraction of sp³-hybridized carbons (Fsp3) is 0. The number of amides is 1. The standard InChI is InChI=1S/C17H10ClFN2O3/c18-15-12-3-1-2-4-14(12)24-17(23)13(15)9-20-21-16(22)10-5-7-11(19)8-6-10/h1-9H,(H,21,22)/b20-9+. The number of nitrogens with zero attached hydrogens (tertiary/aromatic N) is 1. The number of rotatable bonds is 3. The third-order valence-electron chi connectivity index (χ3n) is 3.25. The van der Waals surface area contributed by atoms with Crippen LogP contribution in [0.15, 0.2) is 62.8 Å². The molecular formula is C17H10ClFN2O3. The van der Waals surface area contributed by atoms with E-state index in [0.29, 0.717) is 11.0 Å². The molecule has 1 heterocycles. The van der Waals surface area contributed by atoms with Gasteiger partial charge < -0.3 is 4.42 Å². The van der Waals surface area contributed by atoms with E-state index in [9.17, 15) is 14.0 Å². The van der Waals surface area contributed by atoms with Crippen molar-refractivity contribution in [1.82, 2.24) is 5.43 Å². The van der Waals surface area contributed by atoms with Gasteiger partial charge in [-0.3, -0.25) is 4.79 Å². The van der Waals surface area contributed by atoms with Crippen LogP contribution in [0.25, 0.3) is 11.0 Å². The molecule has 0 fully saturated rings. The lowest BCUT2D eigenvalue weighted by Crippen LogP contribution is -2.18. The highest BCUT2D eigenvalue weighted by atomic mass is 35.5. The molecule has 7 heteroatoms. The topological polar surface area (TPSA) is 71.7 Å². The monoisotopic (exact) mass is 344 g/mol. The van der Waals surface area contributed by atoms with Crippen LogP contribution in [0.5, 0.6) is 0 Å². The molecule has 1 aromatic heterocycles. The van der Waals surface area contributed by atoms with Crippen LogP contribution in [-0.4, -0.2) is 12.1 Å². The van der Waals surface area contributed by atoms with Crippen molar-refractivity contribution in [3.05, 3.63) is 80.9 Å². The summed E-state index contributed by atoms with van der Waals surface area (Å²) < 4.78 is 18.0. The molecule has 5 nitrogen and oxygen atoms in total. The van der Waals surface area contributed by atoms with Crippen LogP contribution in [-0.2, 0) is 0 Å². The molecule has 3 rings (SSSR count). The smallest absolute Gasteiger partial charge is 0.346 e. The fourth-order valence-corrected chi connectivity index (χ4v) is 2.34. The molecule has 0 aliphatic rings. The van der Waals surface area contributed by atoms with Gasteiger partial charge in [0, 0.05) is 10.9 Å². The average Bonchev–Trinajstić information content (AvgIpc) is 2.58. The van der Waals surface area contributed by atoms with Crippen molar-refractivity contribution in [2.24, 2.45) is 5.10 Å². The van der Waals surface area contributed by atoms with Gasteiger partial charge in [0.1, 0.15) is 11.4 Å². The second kappa shape index (κ2) is 6.64. The van der Waals surface area contributed by atoms with Gasteiger partial charge >= 0.3 is 5.63 Å². The lowest BCUT2D eigenvalue weighted by molar-refractivity contribution is 0.0955. The van der Waals surface area contributed by atoms with Crippen molar-refractivity contribution in [1.29, 1.82) is 0 Å². The SMILES string of the molecule is O=C(N/N=C/c1c(Cl)c2ccccc2oc1=O)c1ccc(F)cc1. The van der Waals surface area contributed by atoms with Crippen LogP contribution in [0.3, 0.4) is 0 Å². The normalized spacial score (nSPS) is 11.1. The van der Waals surface area contributed by atoms with E-state index in [1.165, 1.54) is 12.1 Å². The molecule has 0 saturated heterocycles. The minimum atomic E-state index is -0.668. The molecule has 0 saturated carbocycles. The summed E-state index contributed by atoms with van der Waals surface area (Å²) in [5.41, 5.74) is 2.18. The van der Waals surface area contributed by atoms with Gasteiger partial charge in [0.05, 0.1) is 16.8 Å². The molecule has 1 amide bonds. The first-order valence-corrected chi connectivity index (χ1v) is 7.24. The van der Waals surface area contributed by atoms with Crippen LogP contribution in [0.1, 0.15) is 15.9 Å². The van der Waals surface area contributed by atoms with E-state index in [4.69, 9.17) is 16.0 Å². The van der Waals surface area contributed by atoms with Gasteiger partial charge in [-0.15, -0.1) is 0 Å². The molecule has 3 aromatic rings. The van der Waals surface area contributed by atoms with Crippen molar-refractivity contribution >= 4 is 34.7 Å². The maximum atomic E-state index is 12.8. The summed E-state index contributed by atoms with van der Waals surface area (Å²) in [6.07, 6.45) is 1.11. The molecule has 0 aliphatic carbocycles. The number of nitrogens with one attached hydrogen (secondary N) is 1. The largest absolute Gasteiger partial charge is 0.422 e. The van der Waals surface area contributed by atoms with Gasteiger partial charge in [-0.2, -0.15) is 5.10 Å². The quantitative estimate of drug-likeness (QED) is 0.450. The van der Waals surface area contributed by atoms with Gasteiger partial charge in [-0.25, -0.2) is 14.6 Å². The van der Waals surface area contributed by atoms with E-state index in [1.54, 1.807) is 24.3 Å². The predicted molar refractivity (Wildman–Crippen MR) is 89.0 cm³/mol. The van der Waals surface area contributed by atoms with Gasteiger partial charge in [-0.1, -0.05) is 23.7 Å². The molecule has 0 aliphatic heterocycles. The van der Waals surface area contributed by atoms with E-state index in [1.807, 2.05) is 0 Å². The molecular weight excluding hydrogens is 335 g/mol. The first-order valence-electron chi connectivity index (χ1n) is 6.86. The van der Waals surface area contributed by atoms with E-state index < -0.39 is 17.3 Å². The number of halogens is 2. The Morgan fingerprint density at radius 1 is 1.17 bits per heavy atom. The molecule has 24 heavy (non-hydrogen) atoms. The second-order valence-electron chi connectivity index (χ2n) is 4.82. The van der Waals surface area contributed by atoms with Gasteiger partial charge in [0.15, 0.2) is 0 Å². The Hall–Kier alpha value is -2.99. The maximum absolute atomic E-state index is 12.8. The number of hydrazone groups is 1. The number of carbonyl (C=O) groups excluding carboxylic acids is 1. The highest BCUT2D eigenvalue weighted by Gasteiger charge is 2.11. The zero-order valence-electron chi connectivity index (χ0n) is 12.1. The van der Waals surface area contributed by atoms with Crippen molar-refractivity contribution in [3.8, 4) is 0 Å². The van der Waals surface area contributed by atoms with E-state index >= 15 is 0 Å². The minimum absolute atomic E-state index is 0.0229. The molecule has 0 radical (unpaired) electrons. The molecule has 0 atom stereocenters. The number of benzene rings is 2. The molecule has 120 valence electrons. The van der Waals surface area contributed by atoms with Crippen molar-refractivity contribution in [3.63, 3.8) is 0 Å². The lowest BCUT2D eigenvalue weighted by atomic mass is 10.2. The maximum Gasteiger partial charge on any atom is 0.346 e. The highest BCUT2D eigenvalue weighted by Crippen LogP contribution is 2.23. The van der Waals surface area contributed by atoms with Gasteiger partial charge in [-0.05, 0) is 36.4 Å². The average molecular weight is 345 g/mol. The summed E-state index contributed by atoms with van der Waals surface area (Å²) >= 11 is 6.19. The van der Waals surface area contributed by atoms with E-state index in [-0.39, 0.29) is 16.1 Å². The third-order valence-corrected chi connectivity index (χ3v) is 3.66. The fourth-order valence-electron chi connectivity index (χ4n) is 2.06. The Bertz CT molecular complexity index is 997. The minimum Gasteiger partial charge on any atom is -0.422 e. The second-order valence-corrected chi connectivity index (χ2v) is 5.20. The Morgan fingerprint density at radius 2 is 1.88 bits per heavy atom. The first-order chi connectivity index (χ1) is 11.6. The summed E-state index contributed by atoms with van der Waals surface area (Å²) in [5, 5.41) is 4.45. The number of carbonyl (C=O) groups is 1. The number of hydrogen-bond acceptors (Lipinski definition) is 4. The summed E-state index contributed by atoms with van der Waals surface area (Å²) in [6.45, 7) is 0. The zero-order chi connectivity index (χ0) is 17.1. The molecule has 1 N–H and O–H groups in total. The number of fused-ring (bicyclic) bond motifs is 1. The summed E-state index contributed by atoms with van der Waals surface area (Å²) in [5.74, 6) is -0.997. The van der Waals surface area contributed by atoms with Gasteiger partial charge in [0.25, 0.3) is 5.91 Å². The van der Waals surface area contributed by atoms with Crippen LogP contribution in [0.4, 0.5) is 4.39 Å². The summed E-state index contributed by atoms with van der Waals surface area (Å²) in [7, 11) is 0. The third kappa shape index (κ3) is 3.18. The van der Waals surface area contributed by atoms with Crippen molar-refractivity contribution in [2.75, 3.05) is 0 Å². The zero-order valence-corrected chi connectivity index (χ0v) is 12.9. The molecule has 2 aromatic carbocycles. The molecule has 0 unspecified atom stereocenters. The van der Waals surface area contributed by atoms with Crippen LogP contribution in [0.2, 0.25) is 5.02 Å². The summed E-state index contributed by atoms with van der Waals surface area (Å²) in [4.78, 5) is 23.8. The first kappa shape index (κ1) is 15.9. The van der Waals surface area contributed by atoms with Crippen LogP contribution < -0.4 is 11.1 Å². The summed E-state index contributed by atoms with van der Waals surface area (Å²) in [6, 6.07) is 11.8. The Morgan fingerprint density at radius 3 is 2.62 bits per heavy atom. The predicted octanol–water partition coefficient (Wildman–Crippen LogP) is 3.35. The van der Waals surface area contributed by atoms with Crippen molar-refractivity contribution < 1.29 is 13.6 Å². The Kier molecular flexibility index (Phi) is 4.39. The Labute approximate surface area is 140 Å². The Balaban J connectivity index is 1.84. The molecule has 0 bridgehead atoms. The lowest BCUT2D eigenvalue weighted by Gasteiger charge is -2.02. The van der Waals surface area contributed by atoms with Crippen molar-refractivity contribution in [2.45, 2.75) is 0 Å².